The molecule has 1 fully saturated rings. The molecule has 1 aromatic rings. The fourth-order valence-electron chi connectivity index (χ4n) is 2.81. The summed E-state index contributed by atoms with van der Waals surface area (Å²) in [5, 5.41) is 0. The predicted octanol–water partition coefficient (Wildman–Crippen LogP) is 3.11. The summed E-state index contributed by atoms with van der Waals surface area (Å²) in [7, 11) is 1.93. The molecule has 0 heterocycles. The molecule has 0 spiro atoms. The van der Waals surface area contributed by atoms with Gasteiger partial charge in [0.1, 0.15) is 0 Å². The first-order chi connectivity index (χ1) is 9.58. The first-order valence-corrected chi connectivity index (χ1v) is 8.12. The smallest absolute Gasteiger partial charge is 0.222 e. The van der Waals surface area contributed by atoms with Crippen LogP contribution in [-0.2, 0) is 11.2 Å². The third-order valence-corrected chi connectivity index (χ3v) is 5.02. The van der Waals surface area contributed by atoms with Crippen LogP contribution in [0.25, 0.3) is 0 Å². The highest BCUT2D eigenvalue weighted by atomic mass is 79.9. The van der Waals surface area contributed by atoms with Crippen molar-refractivity contribution in [3.05, 3.63) is 34.3 Å². The summed E-state index contributed by atoms with van der Waals surface area (Å²) < 4.78 is 1.08. The molecule has 4 heteroatoms. The molecule has 1 aliphatic rings. The zero-order valence-electron chi connectivity index (χ0n) is 12.0. The van der Waals surface area contributed by atoms with E-state index in [4.69, 9.17) is 5.73 Å². The molecular formula is C16H23BrN2O. The van der Waals surface area contributed by atoms with E-state index in [9.17, 15) is 4.79 Å². The number of carbonyl (C=O) groups is 1. The minimum atomic E-state index is 0.237. The summed E-state index contributed by atoms with van der Waals surface area (Å²) in [6.45, 7) is 0. The zero-order valence-corrected chi connectivity index (χ0v) is 13.6. The van der Waals surface area contributed by atoms with Gasteiger partial charge in [-0.15, -0.1) is 0 Å². The van der Waals surface area contributed by atoms with E-state index in [-0.39, 0.29) is 5.91 Å². The molecule has 1 saturated carbocycles. The normalized spacial score (nSPS) is 22.6. The van der Waals surface area contributed by atoms with E-state index < -0.39 is 0 Å². The summed E-state index contributed by atoms with van der Waals surface area (Å²) in [6.07, 6.45) is 5.51. The predicted molar refractivity (Wildman–Crippen MR) is 85.5 cm³/mol. The molecule has 0 atom stereocenters. The maximum absolute atomic E-state index is 12.3. The van der Waals surface area contributed by atoms with Crippen molar-refractivity contribution in [3.8, 4) is 0 Å². The van der Waals surface area contributed by atoms with E-state index in [0.29, 0.717) is 18.5 Å². The van der Waals surface area contributed by atoms with Crippen molar-refractivity contribution in [2.24, 2.45) is 5.73 Å². The number of hydrogen-bond acceptors (Lipinski definition) is 2. The van der Waals surface area contributed by atoms with E-state index in [1.807, 2.05) is 30.1 Å². The van der Waals surface area contributed by atoms with Gasteiger partial charge in [-0.05, 0) is 43.7 Å². The minimum absolute atomic E-state index is 0.237. The van der Waals surface area contributed by atoms with Crippen LogP contribution < -0.4 is 5.73 Å². The van der Waals surface area contributed by atoms with Crippen molar-refractivity contribution in [2.75, 3.05) is 7.05 Å². The van der Waals surface area contributed by atoms with Gasteiger partial charge in [-0.1, -0.05) is 34.1 Å². The van der Waals surface area contributed by atoms with E-state index >= 15 is 0 Å². The van der Waals surface area contributed by atoms with Gasteiger partial charge in [0.15, 0.2) is 0 Å². The van der Waals surface area contributed by atoms with E-state index in [1.54, 1.807) is 0 Å². The largest absolute Gasteiger partial charge is 0.343 e. The van der Waals surface area contributed by atoms with Crippen molar-refractivity contribution in [3.63, 3.8) is 0 Å². The Bertz CT molecular complexity index is 456. The van der Waals surface area contributed by atoms with Crippen molar-refractivity contribution in [1.82, 2.24) is 4.90 Å². The van der Waals surface area contributed by atoms with Gasteiger partial charge in [0.25, 0.3) is 0 Å². The molecule has 0 radical (unpaired) electrons. The summed E-state index contributed by atoms with van der Waals surface area (Å²) in [4.78, 5) is 14.2. The van der Waals surface area contributed by atoms with Crippen LogP contribution in [0.2, 0.25) is 0 Å². The SMILES string of the molecule is CN(C(=O)CCc1ccccc1Br)C1CCC(N)CC1. The second-order valence-electron chi connectivity index (χ2n) is 5.66. The third kappa shape index (κ3) is 4.06. The lowest BCUT2D eigenvalue weighted by Gasteiger charge is -2.33. The molecule has 2 N–H and O–H groups in total. The van der Waals surface area contributed by atoms with E-state index in [2.05, 4.69) is 22.0 Å². The third-order valence-electron chi connectivity index (χ3n) is 4.25. The van der Waals surface area contributed by atoms with Crippen LogP contribution in [0.15, 0.2) is 28.7 Å². The van der Waals surface area contributed by atoms with Gasteiger partial charge >= 0.3 is 0 Å². The summed E-state index contributed by atoms with van der Waals surface area (Å²) in [5.74, 6) is 0.237. The Balaban J connectivity index is 1.84. The van der Waals surface area contributed by atoms with Crippen molar-refractivity contribution < 1.29 is 4.79 Å². The maximum Gasteiger partial charge on any atom is 0.222 e. The molecule has 20 heavy (non-hydrogen) atoms. The highest BCUT2D eigenvalue weighted by Gasteiger charge is 2.24. The standard InChI is InChI=1S/C16H23BrN2O/c1-19(14-9-7-13(18)8-10-14)16(20)11-6-12-4-2-3-5-15(12)17/h2-5,13-14H,6-11,18H2,1H3. The lowest BCUT2D eigenvalue weighted by Crippen LogP contribution is -2.41. The maximum atomic E-state index is 12.3. The van der Waals surface area contributed by atoms with Crippen LogP contribution in [0.5, 0.6) is 0 Å². The van der Waals surface area contributed by atoms with Crippen LogP contribution in [0, 0.1) is 0 Å². The average molecular weight is 339 g/mol. The average Bonchev–Trinajstić information content (AvgIpc) is 2.46. The molecule has 0 unspecified atom stereocenters. The Morgan fingerprint density at radius 3 is 2.60 bits per heavy atom. The highest BCUT2D eigenvalue weighted by Crippen LogP contribution is 2.22. The monoisotopic (exact) mass is 338 g/mol. The highest BCUT2D eigenvalue weighted by molar-refractivity contribution is 9.10. The number of carbonyl (C=O) groups excluding carboxylic acids is 1. The van der Waals surface area contributed by atoms with Crippen molar-refractivity contribution in [2.45, 2.75) is 50.6 Å². The molecule has 1 aliphatic carbocycles. The minimum Gasteiger partial charge on any atom is -0.343 e. The van der Waals surface area contributed by atoms with Crippen LogP contribution in [-0.4, -0.2) is 29.9 Å². The zero-order chi connectivity index (χ0) is 14.5. The van der Waals surface area contributed by atoms with Gasteiger partial charge in [-0.2, -0.15) is 0 Å². The fraction of sp³-hybridized carbons (Fsp3) is 0.562. The van der Waals surface area contributed by atoms with Gasteiger partial charge in [0.05, 0.1) is 0 Å². The van der Waals surface area contributed by atoms with Crippen molar-refractivity contribution >= 4 is 21.8 Å². The Morgan fingerprint density at radius 1 is 1.30 bits per heavy atom. The number of rotatable bonds is 4. The van der Waals surface area contributed by atoms with Crippen LogP contribution in [0.4, 0.5) is 0 Å². The molecular weight excluding hydrogens is 316 g/mol. The van der Waals surface area contributed by atoms with Gasteiger partial charge in [-0.3, -0.25) is 4.79 Å². The van der Waals surface area contributed by atoms with Gasteiger partial charge in [0.2, 0.25) is 5.91 Å². The Kier molecular flexibility index (Phi) is 5.61. The number of hydrogen-bond donors (Lipinski definition) is 1. The van der Waals surface area contributed by atoms with E-state index in [0.717, 1.165) is 36.6 Å². The van der Waals surface area contributed by atoms with Gasteiger partial charge in [0, 0.05) is 30.0 Å². The lowest BCUT2D eigenvalue weighted by molar-refractivity contribution is -0.132. The molecule has 110 valence electrons. The number of nitrogens with zero attached hydrogens (tertiary/aromatic N) is 1. The first-order valence-electron chi connectivity index (χ1n) is 7.32. The topological polar surface area (TPSA) is 46.3 Å². The molecule has 1 amide bonds. The Hall–Kier alpha value is -0.870. The van der Waals surface area contributed by atoms with Crippen LogP contribution in [0.1, 0.15) is 37.7 Å². The molecule has 0 aliphatic heterocycles. The molecule has 0 aromatic heterocycles. The lowest BCUT2D eigenvalue weighted by atomic mass is 9.91. The van der Waals surface area contributed by atoms with Crippen LogP contribution in [0.3, 0.4) is 0 Å². The second kappa shape index (κ2) is 7.23. The quantitative estimate of drug-likeness (QED) is 0.916. The first kappa shape index (κ1) is 15.5. The number of benzene rings is 1. The number of aryl methyl sites for hydroxylation is 1. The molecule has 2 rings (SSSR count). The molecule has 0 saturated heterocycles. The number of halogens is 1. The van der Waals surface area contributed by atoms with Crippen molar-refractivity contribution in [1.29, 1.82) is 0 Å². The Labute approximate surface area is 129 Å². The summed E-state index contributed by atoms with van der Waals surface area (Å²) >= 11 is 3.53. The molecule has 3 nitrogen and oxygen atoms in total. The molecule has 1 aromatic carbocycles. The second-order valence-corrected chi connectivity index (χ2v) is 6.52. The summed E-state index contributed by atoms with van der Waals surface area (Å²) in [6, 6.07) is 8.80. The number of nitrogens with two attached hydrogens (primary N) is 1. The van der Waals surface area contributed by atoms with Gasteiger partial charge in [-0.25, -0.2) is 0 Å². The fourth-order valence-corrected chi connectivity index (χ4v) is 3.29. The molecule has 0 bridgehead atoms. The van der Waals surface area contributed by atoms with Crippen LogP contribution >= 0.6 is 15.9 Å². The van der Waals surface area contributed by atoms with Gasteiger partial charge < -0.3 is 10.6 Å². The Morgan fingerprint density at radius 2 is 1.95 bits per heavy atom. The summed E-state index contributed by atoms with van der Waals surface area (Å²) in [5.41, 5.74) is 7.11. The number of amides is 1. The van der Waals surface area contributed by atoms with E-state index in [1.165, 1.54) is 5.56 Å².